The van der Waals surface area contributed by atoms with E-state index in [1.807, 2.05) is 0 Å². The van der Waals surface area contributed by atoms with Crippen molar-refractivity contribution in [1.82, 2.24) is 9.13 Å². The van der Waals surface area contributed by atoms with Crippen molar-refractivity contribution in [3.8, 4) is 22.5 Å². The summed E-state index contributed by atoms with van der Waals surface area (Å²) in [5, 5.41) is 3.87. The number of hydrogen-bond donors (Lipinski definition) is 0. The second kappa shape index (κ2) is 9.08. The third-order valence-corrected chi connectivity index (χ3v) is 7.90. The molecule has 0 saturated carbocycles. The quantitative estimate of drug-likeness (QED) is 0.227. The van der Waals surface area contributed by atoms with Gasteiger partial charge in [-0.15, -0.1) is 0 Å². The van der Waals surface area contributed by atoms with Crippen LogP contribution in [0.1, 0.15) is 25.1 Å². The summed E-state index contributed by atoms with van der Waals surface area (Å²) in [5.74, 6) is 0. The van der Waals surface area contributed by atoms with Gasteiger partial charge in [0, 0.05) is 38.8 Å². The van der Waals surface area contributed by atoms with Gasteiger partial charge in [0.1, 0.15) is 0 Å². The highest BCUT2D eigenvalue weighted by molar-refractivity contribution is 6.10. The molecular formula is C36H30N2. The fourth-order valence-electron chi connectivity index (χ4n) is 6.25. The van der Waals surface area contributed by atoms with Gasteiger partial charge in [0.15, 0.2) is 0 Å². The molecule has 2 heterocycles. The highest BCUT2D eigenvalue weighted by Gasteiger charge is 2.21. The van der Waals surface area contributed by atoms with E-state index >= 15 is 0 Å². The first-order chi connectivity index (χ1) is 18.8. The summed E-state index contributed by atoms with van der Waals surface area (Å²) in [5.41, 5.74) is 11.6. The molecule has 2 aromatic heterocycles. The second-order valence-corrected chi connectivity index (χ2v) is 9.93. The van der Waals surface area contributed by atoms with Gasteiger partial charge in [0.25, 0.3) is 0 Å². The van der Waals surface area contributed by atoms with Gasteiger partial charge < -0.3 is 9.13 Å². The zero-order valence-corrected chi connectivity index (χ0v) is 21.9. The van der Waals surface area contributed by atoms with Crippen LogP contribution in [0.5, 0.6) is 0 Å². The molecule has 0 aliphatic rings. The number of aryl methyl sites for hydroxylation is 1. The summed E-state index contributed by atoms with van der Waals surface area (Å²) in [6, 6.07) is 44.2. The average molecular weight is 491 g/mol. The minimum atomic E-state index is 0.950. The zero-order chi connectivity index (χ0) is 25.6. The van der Waals surface area contributed by atoms with Crippen molar-refractivity contribution in [1.29, 1.82) is 0 Å². The summed E-state index contributed by atoms with van der Waals surface area (Å²) < 4.78 is 4.87. The van der Waals surface area contributed by atoms with E-state index in [0.717, 1.165) is 12.8 Å². The molecule has 2 nitrogen and oxygen atoms in total. The molecule has 0 aliphatic heterocycles. The van der Waals surface area contributed by atoms with Crippen molar-refractivity contribution >= 4 is 32.7 Å². The number of hydrogen-bond acceptors (Lipinski definition) is 0. The van der Waals surface area contributed by atoms with E-state index in [2.05, 4.69) is 144 Å². The van der Waals surface area contributed by atoms with E-state index in [-0.39, 0.29) is 0 Å². The first-order valence-corrected chi connectivity index (χ1v) is 13.6. The summed E-state index contributed by atoms with van der Waals surface area (Å²) in [6.45, 7) is 4.53. The van der Waals surface area contributed by atoms with Crippen molar-refractivity contribution in [2.24, 2.45) is 0 Å². The monoisotopic (exact) mass is 490 g/mol. The van der Waals surface area contributed by atoms with Crippen molar-refractivity contribution in [2.45, 2.75) is 26.7 Å². The number of nitrogens with zero attached hydrogens (tertiary/aromatic N) is 2. The molecule has 0 spiro atoms. The normalized spacial score (nSPS) is 11.6. The van der Waals surface area contributed by atoms with Crippen molar-refractivity contribution in [3.05, 3.63) is 133 Å². The molecule has 0 unspecified atom stereocenters. The molecule has 0 N–H and O–H groups in total. The maximum absolute atomic E-state index is 2.49. The Labute approximate surface area is 223 Å². The summed E-state index contributed by atoms with van der Waals surface area (Å²) in [6.07, 6.45) is 1.97. The molecule has 0 fully saturated rings. The summed E-state index contributed by atoms with van der Waals surface area (Å²) in [7, 11) is 0. The molecule has 0 saturated heterocycles. The van der Waals surface area contributed by atoms with Crippen LogP contribution in [0.25, 0.3) is 55.2 Å². The van der Waals surface area contributed by atoms with Gasteiger partial charge in [0.2, 0.25) is 0 Å². The van der Waals surface area contributed by atoms with Crippen LogP contribution in [0.2, 0.25) is 0 Å². The molecule has 0 bridgehead atoms. The molecule has 0 amide bonds. The Morgan fingerprint density at radius 3 is 1.87 bits per heavy atom. The van der Waals surface area contributed by atoms with E-state index in [9.17, 15) is 0 Å². The van der Waals surface area contributed by atoms with Crippen LogP contribution in [0.4, 0.5) is 0 Å². The predicted molar refractivity (Wildman–Crippen MR) is 162 cm³/mol. The third-order valence-electron chi connectivity index (χ3n) is 7.90. The minimum Gasteiger partial charge on any atom is -0.313 e. The van der Waals surface area contributed by atoms with Gasteiger partial charge in [-0.1, -0.05) is 92.7 Å². The van der Waals surface area contributed by atoms with Gasteiger partial charge in [0.05, 0.1) is 16.6 Å². The standard InChI is InChI=1S/C36H30N2/c1-3-25-14-8-9-17-28(25)36-30-19-11-13-21-34(30)38(32(36)4-2)27-22-23-35-31(24-27)29-18-10-12-20-33(29)37(35)26-15-6-5-7-16-26/h5-24H,3-4H2,1-2H3. The Morgan fingerprint density at radius 2 is 1.11 bits per heavy atom. The van der Waals surface area contributed by atoms with Gasteiger partial charge >= 0.3 is 0 Å². The van der Waals surface area contributed by atoms with Gasteiger partial charge in [-0.05, 0) is 66.4 Å². The maximum Gasteiger partial charge on any atom is 0.0542 e. The second-order valence-electron chi connectivity index (χ2n) is 9.93. The lowest BCUT2D eigenvalue weighted by Crippen LogP contribution is -2.01. The zero-order valence-electron chi connectivity index (χ0n) is 21.9. The number of aromatic nitrogens is 2. The van der Waals surface area contributed by atoms with Crippen LogP contribution in [0.3, 0.4) is 0 Å². The molecule has 184 valence electrons. The van der Waals surface area contributed by atoms with E-state index in [0.29, 0.717) is 0 Å². The summed E-state index contributed by atoms with van der Waals surface area (Å²) >= 11 is 0. The van der Waals surface area contributed by atoms with E-state index in [4.69, 9.17) is 0 Å². The summed E-state index contributed by atoms with van der Waals surface area (Å²) in [4.78, 5) is 0. The Hall–Kier alpha value is -4.56. The lowest BCUT2D eigenvalue weighted by Gasteiger charge is -2.14. The van der Waals surface area contributed by atoms with E-state index in [1.54, 1.807) is 0 Å². The Morgan fingerprint density at radius 1 is 0.474 bits per heavy atom. The van der Waals surface area contributed by atoms with E-state index < -0.39 is 0 Å². The van der Waals surface area contributed by atoms with Gasteiger partial charge in [-0.25, -0.2) is 0 Å². The Bertz CT molecular complexity index is 1940. The van der Waals surface area contributed by atoms with Crippen LogP contribution in [0, 0.1) is 0 Å². The first kappa shape index (κ1) is 22.6. The van der Waals surface area contributed by atoms with Crippen LogP contribution in [-0.2, 0) is 12.8 Å². The molecule has 0 aliphatic carbocycles. The molecular weight excluding hydrogens is 460 g/mol. The number of para-hydroxylation sites is 3. The highest BCUT2D eigenvalue weighted by atomic mass is 15.0. The van der Waals surface area contributed by atoms with Crippen molar-refractivity contribution in [3.63, 3.8) is 0 Å². The fourth-order valence-corrected chi connectivity index (χ4v) is 6.25. The van der Waals surface area contributed by atoms with E-state index in [1.165, 1.54) is 66.5 Å². The largest absolute Gasteiger partial charge is 0.313 e. The lowest BCUT2D eigenvalue weighted by atomic mass is 9.95. The number of benzene rings is 5. The first-order valence-electron chi connectivity index (χ1n) is 13.6. The fraction of sp³-hybridized carbons (Fsp3) is 0.111. The minimum absolute atomic E-state index is 0.950. The molecule has 0 atom stereocenters. The smallest absolute Gasteiger partial charge is 0.0542 e. The Kier molecular flexibility index (Phi) is 5.40. The predicted octanol–water partition coefficient (Wildman–Crippen LogP) is 9.52. The molecule has 7 aromatic rings. The SMILES string of the molecule is CCc1ccccc1-c1c(CC)n(-c2ccc3c(c2)c2ccccc2n3-c2ccccc2)c2ccccc12. The topological polar surface area (TPSA) is 9.86 Å². The van der Waals surface area contributed by atoms with Crippen LogP contribution >= 0.6 is 0 Å². The molecule has 7 rings (SSSR count). The van der Waals surface area contributed by atoms with Crippen molar-refractivity contribution in [2.75, 3.05) is 0 Å². The number of fused-ring (bicyclic) bond motifs is 4. The molecule has 38 heavy (non-hydrogen) atoms. The van der Waals surface area contributed by atoms with Crippen LogP contribution < -0.4 is 0 Å². The molecule has 0 radical (unpaired) electrons. The van der Waals surface area contributed by atoms with Gasteiger partial charge in [-0.3, -0.25) is 0 Å². The molecule has 5 aromatic carbocycles. The average Bonchev–Trinajstić information content (AvgIpc) is 3.50. The van der Waals surface area contributed by atoms with Crippen LogP contribution in [0.15, 0.2) is 121 Å². The van der Waals surface area contributed by atoms with Gasteiger partial charge in [-0.2, -0.15) is 0 Å². The Balaban J connectivity index is 1.55. The number of rotatable bonds is 5. The molecule has 2 heteroatoms. The van der Waals surface area contributed by atoms with Crippen LogP contribution in [-0.4, -0.2) is 9.13 Å². The lowest BCUT2D eigenvalue weighted by molar-refractivity contribution is 0.963. The third kappa shape index (κ3) is 3.34. The van der Waals surface area contributed by atoms with Crippen molar-refractivity contribution < 1.29 is 0 Å². The maximum atomic E-state index is 2.49. The highest BCUT2D eigenvalue weighted by Crippen LogP contribution is 2.40.